The van der Waals surface area contributed by atoms with Crippen LogP contribution in [-0.4, -0.2) is 43.6 Å². The lowest BCUT2D eigenvalue weighted by molar-refractivity contribution is -0.122. The summed E-state index contributed by atoms with van der Waals surface area (Å²) < 4.78 is 0. The maximum Gasteiger partial charge on any atom is 0.328 e. The van der Waals surface area contributed by atoms with E-state index in [1.165, 1.54) is 11.3 Å². The van der Waals surface area contributed by atoms with Crippen molar-refractivity contribution in [3.05, 3.63) is 73.1 Å². The molecule has 176 valence electrons. The molecule has 4 rings (SSSR count). The number of thiophene rings is 1. The quantitative estimate of drug-likeness (QED) is 0.301. The van der Waals surface area contributed by atoms with Gasteiger partial charge < -0.3 is 15.7 Å². The highest BCUT2D eigenvalue weighted by molar-refractivity contribution is 8.15. The summed E-state index contributed by atoms with van der Waals surface area (Å²) >= 11 is 3.91. The van der Waals surface area contributed by atoms with Gasteiger partial charge in [0.15, 0.2) is 5.17 Å². The molecular formula is C21H19N5O5S3. The van der Waals surface area contributed by atoms with Gasteiger partial charge in [0.25, 0.3) is 5.56 Å². The number of hydrogen-bond donors (Lipinski definition) is 5. The monoisotopic (exact) mass is 517 g/mol. The molecule has 0 unspecified atom stereocenters. The Morgan fingerprint density at radius 2 is 2.06 bits per heavy atom. The van der Waals surface area contributed by atoms with Crippen LogP contribution in [-0.2, 0) is 9.59 Å². The number of aromatic hydroxyl groups is 1. The van der Waals surface area contributed by atoms with Gasteiger partial charge in [0, 0.05) is 21.9 Å². The number of nitrogens with zero attached hydrogens (tertiary/aromatic N) is 1. The molecule has 1 aromatic carbocycles. The van der Waals surface area contributed by atoms with E-state index in [4.69, 9.17) is 0 Å². The maximum absolute atomic E-state index is 12.5. The van der Waals surface area contributed by atoms with Gasteiger partial charge in [0.1, 0.15) is 16.9 Å². The van der Waals surface area contributed by atoms with Gasteiger partial charge in [-0.15, -0.1) is 23.1 Å². The van der Waals surface area contributed by atoms with Crippen LogP contribution in [0.1, 0.15) is 22.9 Å². The smallest absolute Gasteiger partial charge is 0.328 e. The van der Waals surface area contributed by atoms with Gasteiger partial charge in [-0.25, -0.2) is 9.79 Å². The summed E-state index contributed by atoms with van der Waals surface area (Å²) in [6, 6.07) is 9.89. The van der Waals surface area contributed by atoms with E-state index in [0.29, 0.717) is 10.6 Å². The normalized spacial score (nSPS) is 17.5. The summed E-state index contributed by atoms with van der Waals surface area (Å²) in [4.78, 5) is 59.2. The summed E-state index contributed by atoms with van der Waals surface area (Å²) in [6.07, 6.45) is 1.86. The van der Waals surface area contributed by atoms with Crippen molar-refractivity contribution in [1.82, 2.24) is 15.3 Å². The van der Waals surface area contributed by atoms with E-state index in [1.54, 1.807) is 35.3 Å². The third-order valence-electron chi connectivity index (χ3n) is 4.79. The molecule has 3 heterocycles. The lowest BCUT2D eigenvalue weighted by Crippen LogP contribution is -2.29. The molecule has 1 saturated heterocycles. The summed E-state index contributed by atoms with van der Waals surface area (Å²) in [5, 5.41) is 16.9. The van der Waals surface area contributed by atoms with Crippen molar-refractivity contribution in [3.8, 4) is 5.88 Å². The Morgan fingerprint density at radius 3 is 2.76 bits per heavy atom. The van der Waals surface area contributed by atoms with Crippen molar-refractivity contribution in [1.29, 1.82) is 0 Å². The Kier molecular flexibility index (Phi) is 7.24. The van der Waals surface area contributed by atoms with Crippen LogP contribution in [0.3, 0.4) is 0 Å². The van der Waals surface area contributed by atoms with Gasteiger partial charge in [-0.1, -0.05) is 23.9 Å². The van der Waals surface area contributed by atoms with Gasteiger partial charge in [-0.3, -0.25) is 24.4 Å². The number of benzene rings is 1. The first kappa shape index (κ1) is 23.9. The standard InChI is InChI=1S/C21H19N5O5S3/c1-32-11-5-2-4-10(8-11)22-14(27)9-13-17(28)26-21(34-13)23-16(12-6-3-7-33-12)15-18(29)24-20(31)25-19(15)30/h2-8,13,16H,9H2,1H3,(H,22,27)(H,23,26,28)(H3,24,25,29,30,31)/t13-,16-/m0/s1. The van der Waals surface area contributed by atoms with E-state index < -0.39 is 28.4 Å². The molecule has 0 aliphatic carbocycles. The number of nitrogens with one attached hydrogen (secondary N) is 4. The number of thioether (sulfide) groups is 2. The van der Waals surface area contributed by atoms with Crippen LogP contribution in [0, 0.1) is 0 Å². The highest BCUT2D eigenvalue weighted by atomic mass is 32.2. The Bertz CT molecular complexity index is 1370. The summed E-state index contributed by atoms with van der Waals surface area (Å²) in [7, 11) is 0. The average Bonchev–Trinajstić information content (AvgIpc) is 3.42. The lowest BCUT2D eigenvalue weighted by atomic mass is 10.1. The summed E-state index contributed by atoms with van der Waals surface area (Å²) in [5.74, 6) is -1.31. The number of aromatic amines is 2. The van der Waals surface area contributed by atoms with E-state index in [-0.39, 0.29) is 29.0 Å². The third-order valence-corrected chi connectivity index (χ3v) is 7.54. The van der Waals surface area contributed by atoms with E-state index in [9.17, 15) is 24.3 Å². The summed E-state index contributed by atoms with van der Waals surface area (Å²) in [6.45, 7) is 0. The van der Waals surface area contributed by atoms with Gasteiger partial charge in [-0.2, -0.15) is 0 Å². The number of carbonyl (C=O) groups excluding carboxylic acids is 2. The highest BCUT2D eigenvalue weighted by Gasteiger charge is 2.34. The van der Waals surface area contributed by atoms with Crippen molar-refractivity contribution in [2.24, 2.45) is 4.99 Å². The number of amides is 2. The zero-order chi connectivity index (χ0) is 24.2. The second-order valence-electron chi connectivity index (χ2n) is 7.10. The number of aromatic nitrogens is 2. The molecule has 10 nitrogen and oxygen atoms in total. The molecule has 2 aromatic heterocycles. The zero-order valence-corrected chi connectivity index (χ0v) is 20.1. The van der Waals surface area contributed by atoms with Crippen molar-refractivity contribution in [2.75, 3.05) is 11.6 Å². The molecule has 1 fully saturated rings. The van der Waals surface area contributed by atoms with Gasteiger partial charge >= 0.3 is 5.69 Å². The van der Waals surface area contributed by atoms with Crippen molar-refractivity contribution in [2.45, 2.75) is 22.6 Å². The Balaban J connectivity index is 1.53. The molecule has 2 amide bonds. The Labute approximate surface area is 205 Å². The number of aliphatic imine (C=N–C) groups is 1. The molecule has 2 atom stereocenters. The van der Waals surface area contributed by atoms with Crippen LogP contribution in [0.15, 0.2) is 61.3 Å². The first-order chi connectivity index (χ1) is 16.3. The SMILES string of the molecule is CSc1cccc(NC(=O)C[C@@H]2SC(=N[C@@H](c3cccs3)c3c(O)[nH]c(=O)[nH]c3=O)NC2=O)c1. The minimum absolute atomic E-state index is 0.0762. The molecule has 34 heavy (non-hydrogen) atoms. The van der Waals surface area contributed by atoms with Crippen molar-refractivity contribution >= 4 is 57.5 Å². The predicted octanol–water partition coefficient (Wildman–Crippen LogP) is 2.26. The maximum atomic E-state index is 12.5. The molecule has 0 bridgehead atoms. The Hall–Kier alpha value is -3.29. The topological polar surface area (TPSA) is 157 Å². The molecule has 1 aliphatic heterocycles. The largest absolute Gasteiger partial charge is 0.494 e. The number of rotatable bonds is 7. The molecule has 13 heteroatoms. The zero-order valence-electron chi connectivity index (χ0n) is 17.7. The molecule has 3 aromatic rings. The van der Waals surface area contributed by atoms with E-state index in [1.807, 2.05) is 24.5 Å². The molecule has 0 spiro atoms. The van der Waals surface area contributed by atoms with Crippen molar-refractivity contribution in [3.63, 3.8) is 0 Å². The van der Waals surface area contributed by atoms with E-state index in [2.05, 4.69) is 25.6 Å². The second-order valence-corrected chi connectivity index (χ2v) is 10.2. The lowest BCUT2D eigenvalue weighted by Gasteiger charge is -2.12. The fourth-order valence-electron chi connectivity index (χ4n) is 3.25. The molecular weight excluding hydrogens is 498 g/mol. The third kappa shape index (κ3) is 5.43. The first-order valence-electron chi connectivity index (χ1n) is 9.92. The first-order valence-corrected chi connectivity index (χ1v) is 12.9. The number of amidine groups is 1. The van der Waals surface area contributed by atoms with Crippen LogP contribution < -0.4 is 21.9 Å². The van der Waals surface area contributed by atoms with Crippen LogP contribution in [0.5, 0.6) is 5.88 Å². The summed E-state index contributed by atoms with van der Waals surface area (Å²) in [5.41, 5.74) is -1.15. The van der Waals surface area contributed by atoms with E-state index >= 15 is 0 Å². The molecule has 1 aliphatic rings. The van der Waals surface area contributed by atoms with Gasteiger partial charge in [0.05, 0.1) is 0 Å². The van der Waals surface area contributed by atoms with E-state index in [0.717, 1.165) is 16.7 Å². The number of anilines is 1. The number of H-pyrrole nitrogens is 2. The fourth-order valence-corrected chi connectivity index (χ4v) is 5.48. The fraction of sp³-hybridized carbons (Fsp3) is 0.190. The van der Waals surface area contributed by atoms with Gasteiger partial charge in [-0.05, 0) is 35.9 Å². The Morgan fingerprint density at radius 1 is 1.24 bits per heavy atom. The van der Waals surface area contributed by atoms with Crippen LogP contribution in [0.2, 0.25) is 0 Å². The molecule has 0 saturated carbocycles. The minimum Gasteiger partial charge on any atom is -0.494 e. The molecule has 0 radical (unpaired) electrons. The number of carbonyl (C=O) groups is 2. The van der Waals surface area contributed by atoms with Crippen molar-refractivity contribution < 1.29 is 14.7 Å². The predicted molar refractivity (Wildman–Crippen MR) is 134 cm³/mol. The highest BCUT2D eigenvalue weighted by Crippen LogP contribution is 2.33. The molecule has 5 N–H and O–H groups in total. The van der Waals surface area contributed by atoms with Crippen LogP contribution >= 0.6 is 34.9 Å². The second kappa shape index (κ2) is 10.3. The average molecular weight is 518 g/mol. The minimum atomic E-state index is -0.967. The van der Waals surface area contributed by atoms with Crippen LogP contribution in [0.25, 0.3) is 0 Å². The number of hydrogen-bond acceptors (Lipinski definition) is 9. The van der Waals surface area contributed by atoms with Gasteiger partial charge in [0.2, 0.25) is 17.7 Å². The van der Waals surface area contributed by atoms with Crippen LogP contribution in [0.4, 0.5) is 5.69 Å².